The fourth-order valence-corrected chi connectivity index (χ4v) is 1.04. The van der Waals surface area contributed by atoms with E-state index >= 15 is 0 Å². The molecule has 0 aromatic carbocycles. The number of ether oxygens (including phenoxy) is 2. The Labute approximate surface area is 86.7 Å². The number of hydrogen-bond donors (Lipinski definition) is 2. The third-order valence-corrected chi connectivity index (χ3v) is 1.83. The van der Waals surface area contributed by atoms with Gasteiger partial charge in [-0.25, -0.2) is 0 Å². The van der Waals surface area contributed by atoms with Crippen LogP contribution in [-0.2, 0) is 9.47 Å². The van der Waals surface area contributed by atoms with Gasteiger partial charge in [0.15, 0.2) is 0 Å². The van der Waals surface area contributed by atoms with Crippen molar-refractivity contribution < 1.29 is 9.47 Å². The van der Waals surface area contributed by atoms with Crippen molar-refractivity contribution in [2.45, 2.75) is 6.10 Å². The summed E-state index contributed by atoms with van der Waals surface area (Å²) in [5.74, 6) is 0. The molecule has 0 aromatic rings. The maximum Gasteiger partial charge on any atom is 0.0928 e. The first-order valence-electron chi connectivity index (χ1n) is 4.89. The van der Waals surface area contributed by atoms with Crippen LogP contribution >= 0.6 is 0 Å². The maximum absolute atomic E-state index is 5.19. The Balaban J connectivity index is 3.19. The zero-order valence-electron chi connectivity index (χ0n) is 9.21. The van der Waals surface area contributed by atoms with Gasteiger partial charge in [0.25, 0.3) is 0 Å². The van der Waals surface area contributed by atoms with Gasteiger partial charge in [-0.2, -0.15) is 0 Å². The Bertz CT molecular complexity index is 131. The van der Waals surface area contributed by atoms with Crippen LogP contribution in [0.15, 0.2) is 12.7 Å². The van der Waals surface area contributed by atoms with Gasteiger partial charge in [-0.05, 0) is 0 Å². The molecule has 0 heterocycles. The standard InChI is InChI=1S/C10H22N2O2/c1-4-5-11-6-7-12-8-10(14-3)9-13-2/h4,10-12H,1,5-9H2,2-3H3. The van der Waals surface area contributed by atoms with E-state index in [-0.39, 0.29) is 6.10 Å². The van der Waals surface area contributed by atoms with Gasteiger partial charge in [-0.15, -0.1) is 6.58 Å². The van der Waals surface area contributed by atoms with E-state index < -0.39 is 0 Å². The molecular formula is C10H22N2O2. The van der Waals surface area contributed by atoms with Crippen molar-refractivity contribution >= 4 is 0 Å². The van der Waals surface area contributed by atoms with Crippen LogP contribution in [0.5, 0.6) is 0 Å². The first kappa shape index (κ1) is 13.6. The molecular weight excluding hydrogens is 180 g/mol. The Morgan fingerprint density at radius 1 is 1.29 bits per heavy atom. The van der Waals surface area contributed by atoms with Crippen molar-refractivity contribution in [3.05, 3.63) is 12.7 Å². The SMILES string of the molecule is C=CCNCCNCC(COC)OC. The summed E-state index contributed by atoms with van der Waals surface area (Å²) in [6.45, 7) is 7.80. The van der Waals surface area contributed by atoms with Gasteiger partial charge in [0.1, 0.15) is 0 Å². The van der Waals surface area contributed by atoms with E-state index in [1.165, 1.54) is 0 Å². The highest BCUT2D eigenvalue weighted by atomic mass is 16.5. The number of hydrogen-bond acceptors (Lipinski definition) is 4. The van der Waals surface area contributed by atoms with Gasteiger partial charge in [0.2, 0.25) is 0 Å². The predicted molar refractivity (Wildman–Crippen MR) is 58.6 cm³/mol. The molecule has 0 radical (unpaired) electrons. The van der Waals surface area contributed by atoms with Gasteiger partial charge in [-0.1, -0.05) is 6.08 Å². The summed E-state index contributed by atoms with van der Waals surface area (Å²) >= 11 is 0. The largest absolute Gasteiger partial charge is 0.382 e. The van der Waals surface area contributed by atoms with Crippen molar-refractivity contribution in [2.75, 3.05) is 47.0 Å². The van der Waals surface area contributed by atoms with Crippen LogP contribution in [-0.4, -0.2) is 53.1 Å². The fourth-order valence-electron chi connectivity index (χ4n) is 1.04. The lowest BCUT2D eigenvalue weighted by atomic mass is 10.3. The van der Waals surface area contributed by atoms with Crippen molar-refractivity contribution in [3.63, 3.8) is 0 Å². The summed E-state index contributed by atoms with van der Waals surface area (Å²) in [5, 5.41) is 6.48. The van der Waals surface area contributed by atoms with Gasteiger partial charge in [-0.3, -0.25) is 0 Å². The molecule has 14 heavy (non-hydrogen) atoms. The highest BCUT2D eigenvalue weighted by Gasteiger charge is 2.04. The van der Waals surface area contributed by atoms with E-state index in [4.69, 9.17) is 9.47 Å². The monoisotopic (exact) mass is 202 g/mol. The Kier molecular flexibility index (Phi) is 10.3. The quantitative estimate of drug-likeness (QED) is 0.387. The van der Waals surface area contributed by atoms with Crippen molar-refractivity contribution in [3.8, 4) is 0 Å². The Hall–Kier alpha value is -0.420. The summed E-state index contributed by atoms with van der Waals surface area (Å²) in [6.07, 6.45) is 1.99. The average molecular weight is 202 g/mol. The van der Waals surface area contributed by atoms with E-state index in [1.54, 1.807) is 14.2 Å². The lowest BCUT2D eigenvalue weighted by Crippen LogP contribution is -2.35. The van der Waals surface area contributed by atoms with E-state index in [9.17, 15) is 0 Å². The summed E-state index contributed by atoms with van der Waals surface area (Å²) < 4.78 is 10.2. The van der Waals surface area contributed by atoms with Gasteiger partial charge in [0.05, 0.1) is 12.7 Å². The van der Waals surface area contributed by atoms with Crippen molar-refractivity contribution in [2.24, 2.45) is 0 Å². The fraction of sp³-hybridized carbons (Fsp3) is 0.800. The number of nitrogens with one attached hydrogen (secondary N) is 2. The smallest absolute Gasteiger partial charge is 0.0928 e. The Morgan fingerprint density at radius 2 is 2.00 bits per heavy atom. The summed E-state index contributed by atoms with van der Waals surface area (Å²) in [6, 6.07) is 0. The van der Waals surface area contributed by atoms with E-state index in [2.05, 4.69) is 17.2 Å². The second-order valence-electron chi connectivity index (χ2n) is 3.01. The number of rotatable bonds is 10. The van der Waals surface area contributed by atoms with Gasteiger partial charge >= 0.3 is 0 Å². The molecule has 0 aliphatic rings. The minimum absolute atomic E-state index is 0.138. The maximum atomic E-state index is 5.19. The van der Waals surface area contributed by atoms with E-state index in [0.717, 1.165) is 26.2 Å². The molecule has 0 amide bonds. The average Bonchev–Trinajstić information content (AvgIpc) is 2.21. The normalized spacial score (nSPS) is 12.7. The minimum atomic E-state index is 0.138. The molecule has 1 unspecified atom stereocenters. The molecule has 0 fully saturated rings. The zero-order valence-corrected chi connectivity index (χ0v) is 9.21. The molecule has 0 aliphatic carbocycles. The molecule has 2 N–H and O–H groups in total. The van der Waals surface area contributed by atoms with Crippen LogP contribution in [0.4, 0.5) is 0 Å². The first-order valence-corrected chi connectivity index (χ1v) is 4.89. The second kappa shape index (κ2) is 10.7. The molecule has 0 aromatic heterocycles. The van der Waals surface area contributed by atoms with Crippen molar-refractivity contribution in [1.29, 1.82) is 0 Å². The van der Waals surface area contributed by atoms with Crippen molar-refractivity contribution in [1.82, 2.24) is 10.6 Å². The minimum Gasteiger partial charge on any atom is -0.382 e. The molecule has 0 saturated heterocycles. The molecule has 0 rings (SSSR count). The summed E-state index contributed by atoms with van der Waals surface area (Å²) in [7, 11) is 3.37. The molecule has 84 valence electrons. The Morgan fingerprint density at radius 3 is 2.57 bits per heavy atom. The van der Waals surface area contributed by atoms with Crippen LogP contribution in [0.25, 0.3) is 0 Å². The zero-order chi connectivity index (χ0) is 10.6. The molecule has 4 heteroatoms. The van der Waals surface area contributed by atoms with E-state index in [0.29, 0.717) is 6.61 Å². The van der Waals surface area contributed by atoms with Gasteiger partial charge < -0.3 is 20.1 Å². The van der Waals surface area contributed by atoms with E-state index in [1.807, 2.05) is 6.08 Å². The second-order valence-corrected chi connectivity index (χ2v) is 3.01. The topological polar surface area (TPSA) is 42.5 Å². The highest BCUT2D eigenvalue weighted by molar-refractivity contribution is 4.70. The molecule has 4 nitrogen and oxygen atoms in total. The van der Waals surface area contributed by atoms with Crippen LogP contribution < -0.4 is 10.6 Å². The van der Waals surface area contributed by atoms with Crippen LogP contribution in [0, 0.1) is 0 Å². The first-order chi connectivity index (χ1) is 6.85. The molecule has 0 aliphatic heterocycles. The summed E-state index contributed by atoms with van der Waals surface area (Å²) in [4.78, 5) is 0. The third kappa shape index (κ3) is 8.19. The lowest BCUT2D eigenvalue weighted by Gasteiger charge is -2.14. The van der Waals surface area contributed by atoms with Crippen LogP contribution in [0.1, 0.15) is 0 Å². The molecule has 0 bridgehead atoms. The van der Waals surface area contributed by atoms with Crippen LogP contribution in [0.3, 0.4) is 0 Å². The third-order valence-electron chi connectivity index (χ3n) is 1.83. The molecule has 0 saturated carbocycles. The van der Waals surface area contributed by atoms with Crippen LogP contribution in [0.2, 0.25) is 0 Å². The number of methoxy groups -OCH3 is 2. The highest BCUT2D eigenvalue weighted by Crippen LogP contribution is 1.87. The lowest BCUT2D eigenvalue weighted by molar-refractivity contribution is 0.0291. The molecule has 1 atom stereocenters. The predicted octanol–water partition coefficient (Wildman–Crippen LogP) is 0.0130. The summed E-state index contributed by atoms with van der Waals surface area (Å²) in [5.41, 5.74) is 0. The molecule has 0 spiro atoms. The van der Waals surface area contributed by atoms with Gasteiger partial charge in [0, 0.05) is 40.4 Å².